The van der Waals surface area contributed by atoms with Gasteiger partial charge in [-0.3, -0.25) is 4.79 Å². The molecule has 0 spiro atoms. The zero-order valence-corrected chi connectivity index (χ0v) is 12.2. The number of benzene rings is 1. The Labute approximate surface area is 113 Å². The highest BCUT2D eigenvalue weighted by molar-refractivity contribution is 7.98. The molecule has 0 N–H and O–H groups in total. The number of amides is 1. The molecule has 0 aliphatic rings. The molecule has 0 aliphatic heterocycles. The third-order valence-corrected chi connectivity index (χ3v) is 3.74. The van der Waals surface area contributed by atoms with Crippen LogP contribution < -0.4 is 0 Å². The summed E-state index contributed by atoms with van der Waals surface area (Å²) in [4.78, 5) is 14.8. The molecular weight excluding hydrogens is 250 g/mol. The number of hydrogen-bond donors (Lipinski definition) is 1. The monoisotopic (exact) mass is 269 g/mol. The maximum Gasteiger partial charge on any atom is 0.253 e. The van der Waals surface area contributed by atoms with Crippen LogP contribution in [0.15, 0.2) is 29.2 Å². The van der Waals surface area contributed by atoms with Crippen LogP contribution >= 0.6 is 24.4 Å². The highest BCUT2D eigenvalue weighted by atomic mass is 32.2. The molecule has 0 saturated heterocycles. The van der Waals surface area contributed by atoms with E-state index in [0.717, 1.165) is 17.1 Å². The number of thiol groups is 1. The second-order valence-corrected chi connectivity index (χ2v) is 5.60. The van der Waals surface area contributed by atoms with Crippen LogP contribution in [0.25, 0.3) is 0 Å². The molecule has 0 aliphatic carbocycles. The van der Waals surface area contributed by atoms with Crippen molar-refractivity contribution in [3.05, 3.63) is 29.8 Å². The number of hydrogen-bond acceptors (Lipinski definition) is 3. The van der Waals surface area contributed by atoms with Gasteiger partial charge in [-0.15, -0.1) is 12.6 Å². The summed E-state index contributed by atoms with van der Waals surface area (Å²) in [6, 6.07) is 7.63. The predicted molar refractivity (Wildman–Crippen MR) is 78.2 cm³/mol. The van der Waals surface area contributed by atoms with Crippen LogP contribution in [0.3, 0.4) is 0 Å². The van der Waals surface area contributed by atoms with Crippen LogP contribution in [0.4, 0.5) is 0 Å². The lowest BCUT2D eigenvalue weighted by Gasteiger charge is -2.25. The SMILES string of the molecule is CSCCC(C)N(C)C(=O)c1cccc(S)c1. The minimum absolute atomic E-state index is 0.0644. The minimum atomic E-state index is 0.0644. The van der Waals surface area contributed by atoms with Crippen molar-refractivity contribution >= 4 is 30.3 Å². The van der Waals surface area contributed by atoms with Gasteiger partial charge in [0.05, 0.1) is 0 Å². The zero-order chi connectivity index (χ0) is 12.8. The topological polar surface area (TPSA) is 20.3 Å². The molecule has 0 heterocycles. The van der Waals surface area contributed by atoms with E-state index in [1.54, 1.807) is 4.90 Å². The fourth-order valence-corrected chi connectivity index (χ4v) is 2.33. The summed E-state index contributed by atoms with van der Waals surface area (Å²) in [5, 5.41) is 0. The van der Waals surface area contributed by atoms with Gasteiger partial charge in [0.2, 0.25) is 0 Å². The van der Waals surface area contributed by atoms with Gasteiger partial charge in [-0.1, -0.05) is 6.07 Å². The maximum atomic E-state index is 12.2. The smallest absolute Gasteiger partial charge is 0.253 e. The summed E-state index contributed by atoms with van der Waals surface area (Å²) >= 11 is 6.06. The van der Waals surface area contributed by atoms with E-state index in [2.05, 4.69) is 25.8 Å². The molecule has 0 aromatic heterocycles. The van der Waals surface area contributed by atoms with Crippen molar-refractivity contribution in [3.63, 3.8) is 0 Å². The molecule has 4 heteroatoms. The van der Waals surface area contributed by atoms with E-state index < -0.39 is 0 Å². The van der Waals surface area contributed by atoms with Gasteiger partial charge >= 0.3 is 0 Å². The predicted octanol–water partition coefficient (Wildman–Crippen LogP) is 3.19. The van der Waals surface area contributed by atoms with Gasteiger partial charge in [0.15, 0.2) is 0 Å². The Balaban J connectivity index is 2.69. The molecule has 0 fully saturated rings. The number of thioether (sulfide) groups is 1. The number of nitrogens with zero attached hydrogens (tertiary/aromatic N) is 1. The van der Waals surface area contributed by atoms with Gasteiger partial charge < -0.3 is 4.90 Å². The minimum Gasteiger partial charge on any atom is -0.339 e. The Morgan fingerprint density at radius 2 is 2.24 bits per heavy atom. The highest BCUT2D eigenvalue weighted by Gasteiger charge is 2.16. The van der Waals surface area contributed by atoms with E-state index in [4.69, 9.17) is 0 Å². The molecule has 2 nitrogen and oxygen atoms in total. The first kappa shape index (κ1) is 14.5. The normalized spacial score (nSPS) is 12.2. The van der Waals surface area contributed by atoms with Gasteiger partial charge in [0.25, 0.3) is 5.91 Å². The summed E-state index contributed by atoms with van der Waals surface area (Å²) < 4.78 is 0. The van der Waals surface area contributed by atoms with Crippen LogP contribution in [-0.2, 0) is 0 Å². The molecule has 1 rings (SSSR count). The molecule has 17 heavy (non-hydrogen) atoms. The standard InChI is InChI=1S/C13H19NOS2/c1-10(7-8-17-3)14(2)13(15)11-5-4-6-12(16)9-11/h4-6,9-10,16H,7-8H2,1-3H3. The van der Waals surface area contributed by atoms with Crippen molar-refractivity contribution in [2.24, 2.45) is 0 Å². The maximum absolute atomic E-state index is 12.2. The third-order valence-electron chi connectivity index (χ3n) is 2.81. The Hall–Kier alpha value is -0.610. The molecule has 0 saturated carbocycles. The van der Waals surface area contributed by atoms with E-state index >= 15 is 0 Å². The Bertz CT molecular complexity index is 381. The van der Waals surface area contributed by atoms with Crippen molar-refractivity contribution in [3.8, 4) is 0 Å². The molecule has 0 bridgehead atoms. The largest absolute Gasteiger partial charge is 0.339 e. The van der Waals surface area contributed by atoms with Gasteiger partial charge in [-0.2, -0.15) is 11.8 Å². The summed E-state index contributed by atoms with van der Waals surface area (Å²) in [6.07, 6.45) is 3.10. The number of carbonyl (C=O) groups is 1. The Morgan fingerprint density at radius 3 is 2.82 bits per heavy atom. The lowest BCUT2D eigenvalue weighted by atomic mass is 10.1. The third kappa shape index (κ3) is 4.28. The van der Waals surface area contributed by atoms with Crippen molar-refractivity contribution in [1.82, 2.24) is 4.90 Å². The fourth-order valence-electron chi connectivity index (χ4n) is 1.52. The second-order valence-electron chi connectivity index (χ2n) is 4.10. The molecule has 0 radical (unpaired) electrons. The Morgan fingerprint density at radius 1 is 1.53 bits per heavy atom. The number of rotatable bonds is 5. The number of carbonyl (C=O) groups excluding carboxylic acids is 1. The highest BCUT2D eigenvalue weighted by Crippen LogP contribution is 2.14. The molecule has 1 amide bonds. The van der Waals surface area contributed by atoms with Gasteiger partial charge in [-0.25, -0.2) is 0 Å². The summed E-state index contributed by atoms with van der Waals surface area (Å²) in [5.41, 5.74) is 0.705. The first-order chi connectivity index (χ1) is 8.06. The van der Waals surface area contributed by atoms with Crippen LogP contribution in [0.5, 0.6) is 0 Å². The van der Waals surface area contributed by atoms with E-state index in [1.807, 2.05) is 43.1 Å². The van der Waals surface area contributed by atoms with Crippen molar-refractivity contribution < 1.29 is 4.79 Å². The van der Waals surface area contributed by atoms with Gasteiger partial charge in [-0.05, 0) is 43.6 Å². The van der Waals surface area contributed by atoms with Crippen molar-refractivity contribution in [2.45, 2.75) is 24.3 Å². The lowest BCUT2D eigenvalue weighted by molar-refractivity contribution is 0.0741. The summed E-state index contributed by atoms with van der Waals surface area (Å²) in [6.45, 7) is 2.08. The first-order valence-corrected chi connectivity index (χ1v) is 7.45. The van der Waals surface area contributed by atoms with Gasteiger partial charge in [0, 0.05) is 23.5 Å². The van der Waals surface area contributed by atoms with Crippen LogP contribution in [0.1, 0.15) is 23.7 Å². The van der Waals surface area contributed by atoms with E-state index in [0.29, 0.717) is 5.56 Å². The average Bonchev–Trinajstić information content (AvgIpc) is 2.34. The fraction of sp³-hybridized carbons (Fsp3) is 0.462. The Kier molecular flexibility index (Phi) is 5.92. The molecule has 1 unspecified atom stereocenters. The molecule has 94 valence electrons. The second kappa shape index (κ2) is 6.97. The molecular formula is C13H19NOS2. The summed E-state index contributed by atoms with van der Waals surface area (Å²) in [5.74, 6) is 1.14. The van der Waals surface area contributed by atoms with Crippen LogP contribution in [0.2, 0.25) is 0 Å². The lowest BCUT2D eigenvalue weighted by Crippen LogP contribution is -2.35. The van der Waals surface area contributed by atoms with E-state index in [9.17, 15) is 4.79 Å². The zero-order valence-electron chi connectivity index (χ0n) is 10.5. The van der Waals surface area contributed by atoms with E-state index in [1.165, 1.54) is 0 Å². The van der Waals surface area contributed by atoms with E-state index in [-0.39, 0.29) is 11.9 Å². The van der Waals surface area contributed by atoms with Gasteiger partial charge in [0.1, 0.15) is 0 Å². The average molecular weight is 269 g/mol. The summed E-state index contributed by atoms with van der Waals surface area (Å²) in [7, 11) is 1.86. The molecule has 1 atom stereocenters. The molecule has 1 aromatic rings. The first-order valence-electron chi connectivity index (χ1n) is 5.61. The molecule has 1 aromatic carbocycles. The quantitative estimate of drug-likeness (QED) is 0.829. The van der Waals surface area contributed by atoms with Crippen molar-refractivity contribution in [2.75, 3.05) is 19.1 Å². The van der Waals surface area contributed by atoms with Crippen molar-refractivity contribution in [1.29, 1.82) is 0 Å². The van der Waals surface area contributed by atoms with Crippen LogP contribution in [0, 0.1) is 0 Å². The van der Waals surface area contributed by atoms with Crippen LogP contribution in [-0.4, -0.2) is 35.9 Å².